The van der Waals surface area contributed by atoms with Crippen molar-refractivity contribution in [2.75, 3.05) is 5.73 Å². The summed E-state index contributed by atoms with van der Waals surface area (Å²) in [5.74, 6) is -1.19. The van der Waals surface area contributed by atoms with Gasteiger partial charge >= 0.3 is 5.97 Å². The zero-order chi connectivity index (χ0) is 11.7. The standard InChI is InChI=1S/C10H7ClN2O2S/c11-8-6(12)3-7(5-1-2-16-4-5)13-9(8)10(14)15/h1-4H,(H2,12,13)(H,14,15). The number of aromatic carboxylic acids is 1. The minimum absolute atomic E-state index is 0.0218. The van der Waals surface area contributed by atoms with E-state index in [1.807, 2.05) is 16.8 Å². The zero-order valence-corrected chi connectivity index (χ0v) is 9.55. The Morgan fingerprint density at radius 1 is 1.56 bits per heavy atom. The number of rotatable bonds is 2. The summed E-state index contributed by atoms with van der Waals surface area (Å²) in [7, 11) is 0. The Bertz CT molecular complexity index is 540. The molecule has 2 aromatic rings. The highest BCUT2D eigenvalue weighted by Gasteiger charge is 2.15. The molecule has 3 N–H and O–H groups in total. The Labute approximate surface area is 100 Å². The number of nitrogens with two attached hydrogens (primary N) is 1. The van der Waals surface area contributed by atoms with Gasteiger partial charge in [0.25, 0.3) is 0 Å². The number of anilines is 1. The number of pyridine rings is 1. The van der Waals surface area contributed by atoms with E-state index in [-0.39, 0.29) is 16.4 Å². The van der Waals surface area contributed by atoms with E-state index in [0.29, 0.717) is 5.69 Å². The molecular weight excluding hydrogens is 248 g/mol. The lowest BCUT2D eigenvalue weighted by Crippen LogP contribution is -2.05. The van der Waals surface area contributed by atoms with Gasteiger partial charge in [0, 0.05) is 10.9 Å². The first-order valence-corrected chi connectivity index (χ1v) is 5.63. The molecule has 0 radical (unpaired) electrons. The predicted octanol–water partition coefficient (Wildman–Crippen LogP) is 2.74. The maximum absolute atomic E-state index is 10.9. The number of hydrogen-bond donors (Lipinski definition) is 2. The van der Waals surface area contributed by atoms with Gasteiger partial charge in [-0.05, 0) is 17.5 Å². The summed E-state index contributed by atoms with van der Waals surface area (Å²) in [6.45, 7) is 0. The molecule has 0 spiro atoms. The third-order valence-electron chi connectivity index (χ3n) is 2.01. The lowest BCUT2D eigenvalue weighted by Gasteiger charge is -2.05. The molecule has 2 aromatic heterocycles. The number of halogens is 1. The van der Waals surface area contributed by atoms with Crippen molar-refractivity contribution >= 4 is 34.6 Å². The van der Waals surface area contributed by atoms with E-state index in [9.17, 15) is 4.79 Å². The first kappa shape index (κ1) is 10.9. The molecule has 0 aliphatic rings. The Morgan fingerprint density at radius 3 is 2.88 bits per heavy atom. The molecule has 2 heterocycles. The van der Waals surface area contributed by atoms with Gasteiger partial charge in [0.05, 0.1) is 16.4 Å². The van der Waals surface area contributed by atoms with Crippen LogP contribution in [0.5, 0.6) is 0 Å². The number of thiophene rings is 1. The Morgan fingerprint density at radius 2 is 2.31 bits per heavy atom. The van der Waals surface area contributed by atoms with E-state index in [0.717, 1.165) is 5.56 Å². The van der Waals surface area contributed by atoms with Gasteiger partial charge in [-0.15, -0.1) is 0 Å². The first-order valence-electron chi connectivity index (χ1n) is 4.31. The molecule has 16 heavy (non-hydrogen) atoms. The van der Waals surface area contributed by atoms with Gasteiger partial charge in [0.15, 0.2) is 5.69 Å². The number of carbonyl (C=O) groups is 1. The van der Waals surface area contributed by atoms with Gasteiger partial charge in [-0.1, -0.05) is 11.6 Å². The smallest absolute Gasteiger partial charge is 0.356 e. The van der Waals surface area contributed by atoms with E-state index in [1.54, 1.807) is 6.07 Å². The largest absolute Gasteiger partial charge is 0.476 e. The fourth-order valence-electron chi connectivity index (χ4n) is 1.25. The molecule has 0 unspecified atom stereocenters. The average molecular weight is 255 g/mol. The van der Waals surface area contributed by atoms with Gasteiger partial charge in [-0.2, -0.15) is 11.3 Å². The number of aromatic nitrogens is 1. The highest BCUT2D eigenvalue weighted by Crippen LogP contribution is 2.28. The summed E-state index contributed by atoms with van der Waals surface area (Å²) < 4.78 is 0. The summed E-state index contributed by atoms with van der Waals surface area (Å²) in [6.07, 6.45) is 0. The Balaban J connectivity index is 2.62. The van der Waals surface area contributed by atoms with E-state index >= 15 is 0 Å². The van der Waals surface area contributed by atoms with Crippen molar-refractivity contribution in [1.82, 2.24) is 4.98 Å². The molecule has 0 atom stereocenters. The minimum Gasteiger partial charge on any atom is -0.476 e. The molecule has 0 aromatic carbocycles. The molecule has 2 rings (SSSR count). The lowest BCUT2D eigenvalue weighted by atomic mass is 10.2. The van der Waals surface area contributed by atoms with Gasteiger partial charge < -0.3 is 10.8 Å². The van der Waals surface area contributed by atoms with Crippen LogP contribution in [0.25, 0.3) is 11.3 Å². The topological polar surface area (TPSA) is 76.2 Å². The maximum atomic E-state index is 10.9. The van der Waals surface area contributed by atoms with Crippen LogP contribution in [0.3, 0.4) is 0 Å². The van der Waals surface area contributed by atoms with Gasteiger partial charge in [-0.25, -0.2) is 9.78 Å². The Kier molecular flexibility index (Phi) is 2.80. The number of nitrogen functional groups attached to an aromatic ring is 1. The molecular formula is C10H7ClN2O2S. The monoisotopic (exact) mass is 254 g/mol. The quantitative estimate of drug-likeness (QED) is 0.864. The highest BCUT2D eigenvalue weighted by molar-refractivity contribution is 7.08. The molecule has 82 valence electrons. The third kappa shape index (κ3) is 1.87. The number of hydrogen-bond acceptors (Lipinski definition) is 4. The van der Waals surface area contributed by atoms with Crippen LogP contribution < -0.4 is 5.73 Å². The van der Waals surface area contributed by atoms with Crippen molar-refractivity contribution in [3.8, 4) is 11.3 Å². The Hall–Kier alpha value is -1.59. The molecule has 0 aliphatic heterocycles. The van der Waals surface area contributed by atoms with Crippen LogP contribution in [-0.2, 0) is 0 Å². The number of nitrogens with zero attached hydrogens (tertiary/aromatic N) is 1. The fraction of sp³-hybridized carbons (Fsp3) is 0. The van der Waals surface area contributed by atoms with Crippen molar-refractivity contribution in [1.29, 1.82) is 0 Å². The number of carboxylic acid groups (broad SMARTS) is 1. The van der Waals surface area contributed by atoms with Gasteiger partial charge in [0.1, 0.15) is 0 Å². The van der Waals surface area contributed by atoms with Crippen LogP contribution in [0, 0.1) is 0 Å². The molecule has 0 amide bonds. The zero-order valence-electron chi connectivity index (χ0n) is 7.98. The third-order valence-corrected chi connectivity index (χ3v) is 3.09. The predicted molar refractivity (Wildman–Crippen MR) is 63.9 cm³/mol. The second-order valence-corrected chi connectivity index (χ2v) is 4.23. The first-order chi connectivity index (χ1) is 7.59. The summed E-state index contributed by atoms with van der Waals surface area (Å²) in [5, 5.41) is 12.6. The molecule has 6 heteroatoms. The van der Waals surface area contributed by atoms with E-state index in [2.05, 4.69) is 4.98 Å². The van der Waals surface area contributed by atoms with E-state index in [4.69, 9.17) is 22.4 Å². The van der Waals surface area contributed by atoms with Crippen molar-refractivity contribution in [2.45, 2.75) is 0 Å². The molecule has 0 fully saturated rings. The average Bonchev–Trinajstić information content (AvgIpc) is 2.74. The summed E-state index contributed by atoms with van der Waals surface area (Å²) in [5.41, 5.74) is 6.98. The van der Waals surface area contributed by atoms with E-state index < -0.39 is 5.97 Å². The van der Waals surface area contributed by atoms with Crippen molar-refractivity contribution in [3.05, 3.63) is 33.6 Å². The van der Waals surface area contributed by atoms with Crippen LogP contribution in [-0.4, -0.2) is 16.1 Å². The van der Waals surface area contributed by atoms with Gasteiger partial charge in [-0.3, -0.25) is 0 Å². The molecule has 0 saturated carbocycles. The lowest BCUT2D eigenvalue weighted by molar-refractivity contribution is 0.0691. The van der Waals surface area contributed by atoms with Crippen LogP contribution in [0.4, 0.5) is 5.69 Å². The second kappa shape index (κ2) is 4.11. The summed E-state index contributed by atoms with van der Waals surface area (Å²) >= 11 is 7.25. The minimum atomic E-state index is -1.19. The van der Waals surface area contributed by atoms with Crippen molar-refractivity contribution in [3.63, 3.8) is 0 Å². The second-order valence-electron chi connectivity index (χ2n) is 3.08. The van der Waals surface area contributed by atoms with E-state index in [1.165, 1.54) is 11.3 Å². The van der Waals surface area contributed by atoms with Crippen LogP contribution in [0.1, 0.15) is 10.5 Å². The molecule has 0 bridgehead atoms. The highest BCUT2D eigenvalue weighted by atomic mass is 35.5. The van der Waals surface area contributed by atoms with Crippen molar-refractivity contribution in [2.24, 2.45) is 0 Å². The van der Waals surface area contributed by atoms with Crippen LogP contribution >= 0.6 is 22.9 Å². The summed E-state index contributed by atoms with van der Waals surface area (Å²) in [4.78, 5) is 14.9. The fourth-order valence-corrected chi connectivity index (χ4v) is 2.08. The molecule has 0 saturated heterocycles. The number of carboxylic acids is 1. The SMILES string of the molecule is Nc1cc(-c2ccsc2)nc(C(=O)O)c1Cl. The van der Waals surface area contributed by atoms with Crippen LogP contribution in [0.15, 0.2) is 22.9 Å². The van der Waals surface area contributed by atoms with Crippen molar-refractivity contribution < 1.29 is 9.90 Å². The maximum Gasteiger partial charge on any atom is 0.356 e. The molecule has 4 nitrogen and oxygen atoms in total. The summed E-state index contributed by atoms with van der Waals surface area (Å²) in [6, 6.07) is 3.41. The molecule has 0 aliphatic carbocycles. The van der Waals surface area contributed by atoms with Gasteiger partial charge in [0.2, 0.25) is 0 Å². The van der Waals surface area contributed by atoms with Crippen LogP contribution in [0.2, 0.25) is 5.02 Å². The normalized spacial score (nSPS) is 10.3.